The largest absolute Gasteiger partial charge is 0.273 e. The Bertz CT molecular complexity index is 439. The van der Waals surface area contributed by atoms with E-state index in [0.717, 1.165) is 5.56 Å². The number of hydrogen-bond donors (Lipinski definition) is 1. The van der Waals surface area contributed by atoms with Gasteiger partial charge in [-0.2, -0.15) is 5.10 Å². The van der Waals surface area contributed by atoms with Gasteiger partial charge in [0, 0.05) is 6.42 Å². The predicted molar refractivity (Wildman–Crippen MR) is 80.3 cm³/mol. The second kappa shape index (κ2) is 6.50. The first-order valence-corrected chi connectivity index (χ1v) is 6.71. The zero-order valence-electron chi connectivity index (χ0n) is 12.5. The van der Waals surface area contributed by atoms with E-state index in [4.69, 9.17) is 0 Å². The average Bonchev–Trinajstić information content (AvgIpc) is 2.27. The average molecular weight is 260 g/mol. The highest BCUT2D eigenvalue weighted by Crippen LogP contribution is 2.21. The van der Waals surface area contributed by atoms with E-state index in [0.29, 0.717) is 12.3 Å². The second-order valence-corrected chi connectivity index (χ2v) is 6.26. The number of carbonyl (C=O) groups is 1. The van der Waals surface area contributed by atoms with Gasteiger partial charge < -0.3 is 0 Å². The van der Waals surface area contributed by atoms with Crippen LogP contribution in [0.25, 0.3) is 0 Å². The molecule has 0 bridgehead atoms. The van der Waals surface area contributed by atoms with Gasteiger partial charge in [0.15, 0.2) is 0 Å². The maximum Gasteiger partial charge on any atom is 0.240 e. The molecule has 0 saturated carbocycles. The van der Waals surface area contributed by atoms with E-state index in [1.165, 1.54) is 5.56 Å². The molecule has 1 rings (SSSR count). The Balaban J connectivity index is 2.56. The fourth-order valence-corrected chi connectivity index (χ4v) is 1.66. The van der Waals surface area contributed by atoms with E-state index < -0.39 is 0 Å². The van der Waals surface area contributed by atoms with Crippen molar-refractivity contribution in [2.24, 2.45) is 11.0 Å². The molecule has 19 heavy (non-hydrogen) atoms. The molecule has 104 valence electrons. The molecule has 0 aromatic heterocycles. The standard InChI is InChI=1S/C16H24N2O/c1-12(2)10-15(19)18-17-11-13-6-8-14(9-7-13)16(3,4)5/h6-9,11-12H,10H2,1-5H3,(H,18,19)/b17-11+. The van der Waals surface area contributed by atoms with Crippen molar-refractivity contribution in [1.29, 1.82) is 0 Å². The van der Waals surface area contributed by atoms with Gasteiger partial charge in [0.2, 0.25) is 5.91 Å². The Morgan fingerprint density at radius 2 is 1.84 bits per heavy atom. The number of nitrogens with one attached hydrogen (secondary N) is 1. The molecule has 0 heterocycles. The van der Waals surface area contributed by atoms with E-state index in [1.807, 2.05) is 26.0 Å². The molecule has 0 saturated heterocycles. The van der Waals surface area contributed by atoms with Crippen molar-refractivity contribution in [2.45, 2.75) is 46.5 Å². The van der Waals surface area contributed by atoms with Gasteiger partial charge in [-0.25, -0.2) is 5.43 Å². The number of benzene rings is 1. The van der Waals surface area contributed by atoms with Crippen LogP contribution in [0, 0.1) is 5.92 Å². The minimum absolute atomic E-state index is 0.0439. The number of rotatable bonds is 4. The molecule has 1 aromatic rings. The third-order valence-corrected chi connectivity index (χ3v) is 2.77. The predicted octanol–water partition coefficient (Wildman–Crippen LogP) is 3.48. The highest BCUT2D eigenvalue weighted by molar-refractivity contribution is 5.82. The molecule has 3 nitrogen and oxygen atoms in total. The van der Waals surface area contributed by atoms with Gasteiger partial charge in [0.1, 0.15) is 0 Å². The van der Waals surface area contributed by atoms with E-state index in [2.05, 4.69) is 43.4 Å². The summed E-state index contributed by atoms with van der Waals surface area (Å²) in [5.41, 5.74) is 4.96. The number of amides is 1. The van der Waals surface area contributed by atoms with Crippen LogP contribution in [0.15, 0.2) is 29.4 Å². The maximum absolute atomic E-state index is 11.4. The lowest BCUT2D eigenvalue weighted by Crippen LogP contribution is -2.19. The lowest BCUT2D eigenvalue weighted by Gasteiger charge is -2.18. The summed E-state index contributed by atoms with van der Waals surface area (Å²) < 4.78 is 0. The summed E-state index contributed by atoms with van der Waals surface area (Å²) in [6.45, 7) is 10.6. The van der Waals surface area contributed by atoms with Gasteiger partial charge in [-0.3, -0.25) is 4.79 Å². The molecule has 0 aliphatic rings. The van der Waals surface area contributed by atoms with Crippen LogP contribution in [0.2, 0.25) is 0 Å². The Kier molecular flexibility index (Phi) is 5.28. The Labute approximate surface area is 116 Å². The molecular formula is C16H24N2O. The summed E-state index contributed by atoms with van der Waals surface area (Å²) >= 11 is 0. The minimum Gasteiger partial charge on any atom is -0.273 e. The minimum atomic E-state index is -0.0439. The summed E-state index contributed by atoms with van der Waals surface area (Å²) in [6.07, 6.45) is 2.17. The van der Waals surface area contributed by atoms with Gasteiger partial charge in [-0.05, 0) is 22.5 Å². The van der Waals surface area contributed by atoms with Crippen molar-refractivity contribution in [3.63, 3.8) is 0 Å². The highest BCUT2D eigenvalue weighted by atomic mass is 16.2. The smallest absolute Gasteiger partial charge is 0.240 e. The van der Waals surface area contributed by atoms with Crippen molar-refractivity contribution in [3.8, 4) is 0 Å². The van der Waals surface area contributed by atoms with Crippen LogP contribution in [0.3, 0.4) is 0 Å². The third-order valence-electron chi connectivity index (χ3n) is 2.77. The molecule has 0 fully saturated rings. The Morgan fingerprint density at radius 1 is 1.26 bits per heavy atom. The fraction of sp³-hybridized carbons (Fsp3) is 0.500. The maximum atomic E-state index is 11.4. The molecule has 0 aliphatic carbocycles. The monoisotopic (exact) mass is 260 g/mol. The first-order chi connectivity index (χ1) is 8.79. The van der Waals surface area contributed by atoms with Gasteiger partial charge in [-0.15, -0.1) is 0 Å². The van der Waals surface area contributed by atoms with Gasteiger partial charge in [-0.1, -0.05) is 58.9 Å². The van der Waals surface area contributed by atoms with Crippen LogP contribution in [0.4, 0.5) is 0 Å². The molecule has 0 radical (unpaired) electrons. The third kappa shape index (κ3) is 5.69. The van der Waals surface area contributed by atoms with Crippen molar-refractivity contribution in [3.05, 3.63) is 35.4 Å². The van der Waals surface area contributed by atoms with Crippen LogP contribution in [0.5, 0.6) is 0 Å². The summed E-state index contributed by atoms with van der Waals surface area (Å²) in [5, 5.41) is 3.96. The first kappa shape index (κ1) is 15.4. The fourth-order valence-electron chi connectivity index (χ4n) is 1.66. The summed E-state index contributed by atoms with van der Waals surface area (Å²) in [6, 6.07) is 8.21. The summed E-state index contributed by atoms with van der Waals surface area (Å²) in [7, 11) is 0. The number of carbonyl (C=O) groups excluding carboxylic acids is 1. The molecule has 3 heteroatoms. The second-order valence-electron chi connectivity index (χ2n) is 6.26. The van der Waals surface area contributed by atoms with Crippen molar-refractivity contribution < 1.29 is 4.79 Å². The van der Waals surface area contributed by atoms with Crippen molar-refractivity contribution >= 4 is 12.1 Å². The van der Waals surface area contributed by atoms with E-state index in [1.54, 1.807) is 6.21 Å². The van der Waals surface area contributed by atoms with Crippen LogP contribution in [0.1, 0.15) is 52.2 Å². The molecule has 1 amide bonds. The van der Waals surface area contributed by atoms with Gasteiger partial charge >= 0.3 is 0 Å². The quantitative estimate of drug-likeness (QED) is 0.653. The topological polar surface area (TPSA) is 41.5 Å². The highest BCUT2D eigenvalue weighted by Gasteiger charge is 2.12. The molecule has 0 spiro atoms. The zero-order valence-corrected chi connectivity index (χ0v) is 12.5. The van der Waals surface area contributed by atoms with Crippen LogP contribution < -0.4 is 5.43 Å². The Hall–Kier alpha value is -1.64. The SMILES string of the molecule is CC(C)CC(=O)N/N=C/c1ccc(C(C)(C)C)cc1. The Morgan fingerprint density at radius 3 is 2.32 bits per heavy atom. The van der Waals surface area contributed by atoms with Crippen LogP contribution in [-0.4, -0.2) is 12.1 Å². The molecule has 0 unspecified atom stereocenters. The van der Waals surface area contributed by atoms with E-state index >= 15 is 0 Å². The van der Waals surface area contributed by atoms with E-state index in [-0.39, 0.29) is 11.3 Å². The first-order valence-electron chi connectivity index (χ1n) is 6.71. The summed E-state index contributed by atoms with van der Waals surface area (Å²) in [4.78, 5) is 11.4. The lowest BCUT2D eigenvalue weighted by molar-refractivity contribution is -0.121. The van der Waals surface area contributed by atoms with Crippen molar-refractivity contribution in [1.82, 2.24) is 5.43 Å². The zero-order chi connectivity index (χ0) is 14.5. The van der Waals surface area contributed by atoms with E-state index in [9.17, 15) is 4.79 Å². The molecule has 0 atom stereocenters. The van der Waals surface area contributed by atoms with Crippen molar-refractivity contribution in [2.75, 3.05) is 0 Å². The van der Waals surface area contributed by atoms with Crippen LogP contribution >= 0.6 is 0 Å². The molecular weight excluding hydrogens is 236 g/mol. The molecule has 1 aromatic carbocycles. The number of hydrazone groups is 1. The van der Waals surface area contributed by atoms with Gasteiger partial charge in [0.25, 0.3) is 0 Å². The van der Waals surface area contributed by atoms with Gasteiger partial charge in [0.05, 0.1) is 6.21 Å². The number of hydrogen-bond acceptors (Lipinski definition) is 2. The summed E-state index contributed by atoms with van der Waals surface area (Å²) in [5.74, 6) is 0.304. The number of nitrogens with zero attached hydrogens (tertiary/aromatic N) is 1. The van der Waals surface area contributed by atoms with Crippen LogP contribution in [-0.2, 0) is 10.2 Å². The lowest BCUT2D eigenvalue weighted by atomic mass is 9.87. The molecule has 1 N–H and O–H groups in total. The molecule has 0 aliphatic heterocycles. The normalized spacial score (nSPS) is 12.1.